The van der Waals surface area contributed by atoms with Gasteiger partial charge in [-0.15, -0.1) is 0 Å². The van der Waals surface area contributed by atoms with Gasteiger partial charge >= 0.3 is 0 Å². The highest BCUT2D eigenvalue weighted by Crippen LogP contribution is 2.45. The fraction of sp³-hybridized carbons (Fsp3) is 0.0465. The summed E-state index contributed by atoms with van der Waals surface area (Å²) in [6.45, 7) is 0. The minimum atomic E-state index is -0.178. The summed E-state index contributed by atoms with van der Waals surface area (Å²) in [6, 6.07) is 55.4. The monoisotopic (exact) mass is 618 g/mol. The highest BCUT2D eigenvalue weighted by molar-refractivity contribution is 6.35. The van der Waals surface area contributed by atoms with Gasteiger partial charge in [0.2, 0.25) is 0 Å². The third kappa shape index (κ3) is 4.11. The number of benzene rings is 7. The van der Waals surface area contributed by atoms with Gasteiger partial charge in [0.15, 0.2) is 0 Å². The molecule has 2 aromatic heterocycles. The quantitative estimate of drug-likeness (QED) is 0.206. The van der Waals surface area contributed by atoms with E-state index in [2.05, 4.69) is 155 Å². The van der Waals surface area contributed by atoms with Crippen LogP contribution < -0.4 is 10.6 Å². The third-order valence-corrected chi connectivity index (χ3v) is 9.66. The molecule has 3 heterocycles. The molecule has 0 amide bonds. The lowest BCUT2D eigenvalue weighted by Crippen LogP contribution is -2.44. The van der Waals surface area contributed by atoms with Crippen LogP contribution in [0.2, 0.25) is 0 Å². The van der Waals surface area contributed by atoms with Crippen molar-refractivity contribution in [2.45, 2.75) is 12.3 Å². The second kappa shape index (κ2) is 10.7. The first-order valence-electron chi connectivity index (χ1n) is 16.4. The van der Waals surface area contributed by atoms with Crippen LogP contribution >= 0.6 is 0 Å². The van der Waals surface area contributed by atoms with E-state index in [1.807, 2.05) is 18.2 Å². The van der Waals surface area contributed by atoms with Crippen molar-refractivity contribution < 1.29 is 4.42 Å². The number of hydrogen-bond acceptors (Lipinski definition) is 4. The molecule has 10 rings (SSSR count). The fourth-order valence-corrected chi connectivity index (χ4v) is 7.48. The van der Waals surface area contributed by atoms with Gasteiger partial charge in [-0.05, 0) is 47.5 Å². The molecule has 5 heteroatoms. The molecular formula is C43H30N4O. The minimum Gasteiger partial charge on any atom is -0.455 e. The van der Waals surface area contributed by atoms with Gasteiger partial charge in [-0.25, -0.2) is 4.99 Å². The average Bonchev–Trinajstić information content (AvgIpc) is 3.72. The van der Waals surface area contributed by atoms with Gasteiger partial charge in [0.05, 0.1) is 11.0 Å². The van der Waals surface area contributed by atoms with Gasteiger partial charge < -0.3 is 14.3 Å². The van der Waals surface area contributed by atoms with E-state index in [1.165, 1.54) is 21.7 Å². The number of para-hydroxylation sites is 2. The molecule has 0 spiro atoms. The van der Waals surface area contributed by atoms with Crippen LogP contribution in [0.25, 0.3) is 60.2 Å². The van der Waals surface area contributed by atoms with Gasteiger partial charge in [0.25, 0.3) is 0 Å². The molecule has 2 unspecified atom stereocenters. The smallest absolute Gasteiger partial charge is 0.144 e. The normalized spacial score (nSPS) is 16.5. The predicted octanol–water partition coefficient (Wildman–Crippen LogP) is 10.2. The lowest BCUT2D eigenvalue weighted by atomic mass is 9.99. The van der Waals surface area contributed by atoms with E-state index >= 15 is 0 Å². The summed E-state index contributed by atoms with van der Waals surface area (Å²) in [7, 11) is 0. The Morgan fingerprint density at radius 1 is 0.542 bits per heavy atom. The Labute approximate surface area is 276 Å². The van der Waals surface area contributed by atoms with Crippen molar-refractivity contribution in [1.82, 2.24) is 15.2 Å². The first kappa shape index (κ1) is 27.0. The molecule has 0 aliphatic carbocycles. The lowest BCUT2D eigenvalue weighted by molar-refractivity contribution is 0.409. The van der Waals surface area contributed by atoms with E-state index in [9.17, 15) is 0 Å². The summed E-state index contributed by atoms with van der Waals surface area (Å²) >= 11 is 0. The first-order valence-corrected chi connectivity index (χ1v) is 16.4. The number of hydrogen-bond donors (Lipinski definition) is 2. The standard InChI is InChI=1S/C43H30N4O/c1-3-13-27(14-4-1)41-44-42(28-15-5-2-6-16-28)46-43(45-41)29-23-25-30(26-24-29)47-35-21-11-9-19-33(35)37-38-34-20-10-12-22-36(34)48-40(38)32-18-8-7-17-31(32)39(37)47/h1-26,41-42,44H,(H,45,46). The number of aromatic nitrogens is 1. The molecule has 5 nitrogen and oxygen atoms in total. The Balaban J connectivity index is 1.17. The molecule has 1 aliphatic rings. The van der Waals surface area contributed by atoms with E-state index in [-0.39, 0.29) is 12.3 Å². The highest BCUT2D eigenvalue weighted by atomic mass is 16.3. The summed E-state index contributed by atoms with van der Waals surface area (Å²) in [5, 5.41) is 14.4. The molecule has 0 saturated heterocycles. The van der Waals surface area contributed by atoms with E-state index < -0.39 is 0 Å². The Kier molecular flexibility index (Phi) is 6.01. The molecule has 48 heavy (non-hydrogen) atoms. The van der Waals surface area contributed by atoms with Gasteiger partial charge in [-0.2, -0.15) is 0 Å². The zero-order chi connectivity index (χ0) is 31.6. The SMILES string of the molecule is c1ccc(C2N=C(c3ccc(-n4c5ccccc5c5c6c7ccccc7oc6c6ccccc6c54)cc3)NC(c3ccccc3)N2)cc1. The van der Waals surface area contributed by atoms with Crippen LogP contribution in [0.5, 0.6) is 0 Å². The van der Waals surface area contributed by atoms with Crippen molar-refractivity contribution in [3.05, 3.63) is 174 Å². The van der Waals surface area contributed by atoms with Gasteiger partial charge in [-0.1, -0.05) is 121 Å². The topological polar surface area (TPSA) is 54.5 Å². The molecule has 9 aromatic rings. The Hall–Kier alpha value is -6.17. The maximum atomic E-state index is 6.57. The second-order valence-electron chi connectivity index (χ2n) is 12.4. The molecular weight excluding hydrogens is 589 g/mol. The van der Waals surface area contributed by atoms with Crippen molar-refractivity contribution in [3.8, 4) is 5.69 Å². The number of rotatable bonds is 4. The molecule has 7 aromatic carbocycles. The molecule has 0 bridgehead atoms. The van der Waals surface area contributed by atoms with Crippen LogP contribution in [0.15, 0.2) is 167 Å². The number of furan rings is 1. The Morgan fingerprint density at radius 2 is 1.17 bits per heavy atom. The third-order valence-electron chi connectivity index (χ3n) is 9.66. The van der Waals surface area contributed by atoms with E-state index in [0.717, 1.165) is 61.1 Å². The van der Waals surface area contributed by atoms with Crippen LogP contribution in [-0.2, 0) is 0 Å². The molecule has 0 saturated carbocycles. The summed E-state index contributed by atoms with van der Waals surface area (Å²) in [5.74, 6) is 0.863. The Morgan fingerprint density at radius 3 is 1.94 bits per heavy atom. The number of fused-ring (bicyclic) bond motifs is 10. The maximum Gasteiger partial charge on any atom is 0.144 e. The van der Waals surface area contributed by atoms with Gasteiger partial charge in [0, 0.05) is 43.6 Å². The molecule has 2 atom stereocenters. The number of amidine groups is 1. The van der Waals surface area contributed by atoms with Crippen LogP contribution in [0.1, 0.15) is 29.0 Å². The summed E-state index contributed by atoms with van der Waals surface area (Å²) < 4.78 is 8.98. The summed E-state index contributed by atoms with van der Waals surface area (Å²) in [4.78, 5) is 5.17. The van der Waals surface area contributed by atoms with Crippen molar-refractivity contribution >= 4 is 60.4 Å². The van der Waals surface area contributed by atoms with Crippen molar-refractivity contribution in [2.75, 3.05) is 0 Å². The van der Waals surface area contributed by atoms with Crippen LogP contribution in [-0.4, -0.2) is 10.4 Å². The van der Waals surface area contributed by atoms with Crippen LogP contribution in [0, 0.1) is 0 Å². The molecule has 0 fully saturated rings. The summed E-state index contributed by atoms with van der Waals surface area (Å²) in [6.07, 6.45) is -0.261. The predicted molar refractivity (Wildman–Crippen MR) is 197 cm³/mol. The van der Waals surface area contributed by atoms with Crippen LogP contribution in [0.3, 0.4) is 0 Å². The number of aliphatic imine (C=N–C) groups is 1. The maximum absolute atomic E-state index is 6.57. The van der Waals surface area contributed by atoms with Crippen molar-refractivity contribution in [2.24, 2.45) is 4.99 Å². The zero-order valence-electron chi connectivity index (χ0n) is 26.0. The molecule has 1 aliphatic heterocycles. The zero-order valence-corrected chi connectivity index (χ0v) is 26.0. The first-order chi connectivity index (χ1) is 23.8. The van der Waals surface area contributed by atoms with Gasteiger partial charge in [-0.3, -0.25) is 5.32 Å². The van der Waals surface area contributed by atoms with Gasteiger partial charge in [0.1, 0.15) is 29.3 Å². The minimum absolute atomic E-state index is 0.0838. The van der Waals surface area contributed by atoms with E-state index in [4.69, 9.17) is 9.41 Å². The van der Waals surface area contributed by atoms with Crippen molar-refractivity contribution in [3.63, 3.8) is 0 Å². The van der Waals surface area contributed by atoms with E-state index in [1.54, 1.807) is 0 Å². The fourth-order valence-electron chi connectivity index (χ4n) is 7.48. The highest BCUT2D eigenvalue weighted by Gasteiger charge is 2.26. The molecule has 228 valence electrons. The number of nitrogens with zero attached hydrogens (tertiary/aromatic N) is 2. The number of nitrogens with one attached hydrogen (secondary N) is 2. The van der Waals surface area contributed by atoms with E-state index in [0.29, 0.717) is 0 Å². The van der Waals surface area contributed by atoms with Crippen LogP contribution in [0.4, 0.5) is 0 Å². The lowest BCUT2D eigenvalue weighted by Gasteiger charge is -2.32. The van der Waals surface area contributed by atoms with Crippen molar-refractivity contribution in [1.29, 1.82) is 0 Å². The Bertz CT molecular complexity index is 2670. The molecule has 0 radical (unpaired) electrons. The summed E-state index contributed by atoms with van der Waals surface area (Å²) in [5.41, 5.74) is 8.62. The second-order valence-corrected chi connectivity index (χ2v) is 12.4. The largest absolute Gasteiger partial charge is 0.455 e. The molecule has 2 N–H and O–H groups in total. The average molecular weight is 619 g/mol.